The number of carbonyl (C=O) groups is 1. The second kappa shape index (κ2) is 15.5. The highest BCUT2D eigenvalue weighted by Gasteiger charge is 2.34. The number of anilines is 1. The largest absolute Gasteiger partial charge is 0.444 e. The van der Waals surface area contributed by atoms with E-state index in [0.29, 0.717) is 31.4 Å². The molecule has 1 aromatic heterocycles. The van der Waals surface area contributed by atoms with Gasteiger partial charge in [0.05, 0.1) is 6.04 Å². The summed E-state index contributed by atoms with van der Waals surface area (Å²) in [6, 6.07) is 12.0. The number of amides is 1. The van der Waals surface area contributed by atoms with Crippen LogP contribution in [0.4, 0.5) is 23.7 Å². The molecule has 240 valence electrons. The Morgan fingerprint density at radius 3 is 2.14 bits per heavy atom. The molecule has 0 bridgehead atoms. The van der Waals surface area contributed by atoms with Crippen molar-refractivity contribution < 1.29 is 22.7 Å². The summed E-state index contributed by atoms with van der Waals surface area (Å²) >= 11 is 0. The average Bonchev–Trinajstić information content (AvgIpc) is 3.23. The van der Waals surface area contributed by atoms with Crippen LogP contribution in [0.3, 0.4) is 0 Å². The van der Waals surface area contributed by atoms with E-state index in [2.05, 4.69) is 46.4 Å². The minimum absolute atomic E-state index is 0.0243. The Morgan fingerprint density at radius 2 is 1.58 bits per heavy atom. The first-order valence-corrected chi connectivity index (χ1v) is 15.4. The highest BCUT2D eigenvalue weighted by atomic mass is 19.1. The number of nitrogens with one attached hydrogen (secondary N) is 2. The molecule has 1 saturated heterocycles. The number of fused-ring (bicyclic) bond motifs is 3. The molecule has 43 heavy (non-hydrogen) atoms. The molecule has 3 aromatic rings. The van der Waals surface area contributed by atoms with Gasteiger partial charge in [-0.25, -0.2) is 18.0 Å². The molecular formula is C34H51F3N4O2. The SMILES string of the molecule is CC.CC.CC(C)(C)OC(=O)N1CC(Nc2cc(F)cc(F)c2)C1.CC1Cc2c([nH]c3ccccc23)CN1CC(C)(C)F. The lowest BCUT2D eigenvalue weighted by Gasteiger charge is -2.40. The third kappa shape index (κ3) is 10.8. The molecule has 1 atom stereocenters. The number of para-hydroxylation sites is 1. The van der Waals surface area contributed by atoms with Crippen LogP contribution in [0.15, 0.2) is 42.5 Å². The molecule has 0 saturated carbocycles. The average molecular weight is 605 g/mol. The van der Waals surface area contributed by atoms with E-state index >= 15 is 0 Å². The number of ether oxygens (including phenoxy) is 1. The third-order valence-corrected chi connectivity index (χ3v) is 6.73. The van der Waals surface area contributed by atoms with Crippen LogP contribution in [-0.2, 0) is 17.7 Å². The number of hydrogen-bond acceptors (Lipinski definition) is 4. The first kappa shape index (κ1) is 36.0. The lowest BCUT2D eigenvalue weighted by molar-refractivity contribution is 0.0105. The van der Waals surface area contributed by atoms with E-state index in [-0.39, 0.29) is 12.1 Å². The van der Waals surface area contributed by atoms with Crippen LogP contribution in [-0.4, -0.2) is 63.9 Å². The Hall–Kier alpha value is -3.20. The molecule has 5 rings (SSSR count). The van der Waals surface area contributed by atoms with Gasteiger partial charge in [-0.05, 0) is 71.7 Å². The first-order chi connectivity index (χ1) is 20.2. The number of alkyl halides is 1. The Kier molecular flexibility index (Phi) is 13.0. The minimum Gasteiger partial charge on any atom is -0.444 e. The number of halogens is 3. The minimum atomic E-state index is -1.14. The maximum Gasteiger partial charge on any atom is 0.410 e. The van der Waals surface area contributed by atoms with Gasteiger partial charge in [-0.3, -0.25) is 4.90 Å². The zero-order chi connectivity index (χ0) is 32.5. The molecule has 1 amide bonds. The Morgan fingerprint density at radius 1 is 1.00 bits per heavy atom. The summed E-state index contributed by atoms with van der Waals surface area (Å²) < 4.78 is 45.1. The maximum absolute atomic E-state index is 13.9. The lowest BCUT2D eigenvalue weighted by atomic mass is 9.96. The summed E-state index contributed by atoms with van der Waals surface area (Å²) in [7, 11) is 0. The van der Waals surface area contributed by atoms with Crippen LogP contribution in [0.5, 0.6) is 0 Å². The van der Waals surface area contributed by atoms with E-state index in [4.69, 9.17) is 4.74 Å². The van der Waals surface area contributed by atoms with Crippen molar-refractivity contribution in [2.24, 2.45) is 0 Å². The fourth-order valence-corrected chi connectivity index (χ4v) is 5.02. The van der Waals surface area contributed by atoms with Crippen LogP contribution in [0.2, 0.25) is 0 Å². The van der Waals surface area contributed by atoms with E-state index in [0.717, 1.165) is 19.0 Å². The predicted octanol–water partition coefficient (Wildman–Crippen LogP) is 8.71. The summed E-state index contributed by atoms with van der Waals surface area (Å²) in [5.41, 5.74) is 2.57. The molecule has 2 N–H and O–H groups in total. The van der Waals surface area contributed by atoms with Gasteiger partial charge in [0.1, 0.15) is 22.9 Å². The molecule has 0 radical (unpaired) electrons. The molecule has 3 heterocycles. The molecule has 0 aliphatic carbocycles. The van der Waals surface area contributed by atoms with Crippen molar-refractivity contribution in [3.05, 3.63) is 65.4 Å². The molecule has 1 fully saturated rings. The van der Waals surface area contributed by atoms with Crippen LogP contribution < -0.4 is 5.32 Å². The van der Waals surface area contributed by atoms with Gasteiger partial charge in [0.25, 0.3) is 0 Å². The van der Waals surface area contributed by atoms with Gasteiger partial charge in [0, 0.05) is 60.6 Å². The van der Waals surface area contributed by atoms with E-state index < -0.39 is 22.9 Å². The Balaban J connectivity index is 0.000000269. The van der Waals surface area contributed by atoms with E-state index in [1.807, 2.05) is 27.7 Å². The van der Waals surface area contributed by atoms with Gasteiger partial charge in [-0.1, -0.05) is 45.9 Å². The molecule has 9 heteroatoms. The number of carbonyl (C=O) groups excluding carboxylic acids is 1. The monoisotopic (exact) mass is 604 g/mol. The van der Waals surface area contributed by atoms with Crippen molar-refractivity contribution in [3.63, 3.8) is 0 Å². The van der Waals surface area contributed by atoms with Gasteiger partial charge in [-0.15, -0.1) is 0 Å². The van der Waals surface area contributed by atoms with Gasteiger partial charge in [0.15, 0.2) is 0 Å². The number of aromatic amines is 1. The molecule has 1 unspecified atom stereocenters. The van der Waals surface area contributed by atoms with Gasteiger partial charge >= 0.3 is 6.09 Å². The van der Waals surface area contributed by atoms with Crippen LogP contribution in [0, 0.1) is 11.6 Å². The summed E-state index contributed by atoms with van der Waals surface area (Å²) in [6.07, 6.45) is 0.621. The summed E-state index contributed by atoms with van der Waals surface area (Å²) in [5, 5.41) is 4.30. The fourth-order valence-electron chi connectivity index (χ4n) is 5.02. The Bertz CT molecular complexity index is 1290. The molecule has 2 aromatic carbocycles. The van der Waals surface area contributed by atoms with E-state index in [9.17, 15) is 18.0 Å². The smallest absolute Gasteiger partial charge is 0.410 e. The van der Waals surface area contributed by atoms with Gasteiger partial charge in [0.2, 0.25) is 0 Å². The number of nitrogens with zero attached hydrogens (tertiary/aromatic N) is 2. The maximum atomic E-state index is 13.9. The summed E-state index contributed by atoms with van der Waals surface area (Å²) in [4.78, 5) is 19.0. The second-order valence-corrected chi connectivity index (χ2v) is 12.2. The van der Waals surface area contributed by atoms with Gasteiger partial charge < -0.3 is 19.9 Å². The van der Waals surface area contributed by atoms with Crippen molar-refractivity contribution >= 4 is 22.7 Å². The summed E-state index contributed by atoms with van der Waals surface area (Å²) in [5.74, 6) is -1.26. The number of benzene rings is 2. The Labute approximate surface area is 256 Å². The summed E-state index contributed by atoms with van der Waals surface area (Å²) in [6.45, 7) is 21.1. The fraction of sp³-hybridized carbons (Fsp3) is 0.559. The first-order valence-electron chi connectivity index (χ1n) is 15.4. The van der Waals surface area contributed by atoms with E-state index in [1.54, 1.807) is 39.5 Å². The highest BCUT2D eigenvalue weighted by Crippen LogP contribution is 2.31. The van der Waals surface area contributed by atoms with Crippen LogP contribution in [0.1, 0.15) is 80.5 Å². The van der Waals surface area contributed by atoms with Crippen molar-refractivity contribution in [2.45, 2.75) is 106 Å². The van der Waals surface area contributed by atoms with Crippen LogP contribution >= 0.6 is 0 Å². The van der Waals surface area contributed by atoms with Gasteiger partial charge in [-0.2, -0.15) is 0 Å². The number of aromatic nitrogens is 1. The number of likely N-dealkylation sites (tertiary alicyclic amines) is 1. The topological polar surface area (TPSA) is 60.6 Å². The molecule has 6 nitrogen and oxygen atoms in total. The van der Waals surface area contributed by atoms with E-state index in [1.165, 1.54) is 34.3 Å². The highest BCUT2D eigenvalue weighted by molar-refractivity contribution is 5.84. The molecule has 0 spiro atoms. The van der Waals surface area contributed by atoms with Crippen molar-refractivity contribution in [2.75, 3.05) is 25.0 Å². The quantitative estimate of drug-likeness (QED) is 0.313. The standard InChI is InChI=1S/C16H21FN2.C14H18F2N2O2.2C2H6/c1-11-8-13-12-6-4-5-7-14(12)18-15(13)9-19(11)10-16(2,3)17;1-14(2,3)20-13(19)18-7-12(8-18)17-11-5-9(15)4-10(16)6-11;2*1-2/h4-7,11,18H,8-10H2,1-3H3;4-6,12,17H,7-8H2,1-3H3;2*1-2H3. The predicted molar refractivity (Wildman–Crippen MR) is 171 cm³/mol. The number of H-pyrrole nitrogens is 1. The number of rotatable bonds is 4. The zero-order valence-electron chi connectivity index (χ0n) is 27.6. The number of hydrogen-bond donors (Lipinski definition) is 2. The van der Waals surface area contributed by atoms with Crippen LogP contribution in [0.25, 0.3) is 10.9 Å². The normalized spacial score (nSPS) is 16.8. The molecule has 2 aliphatic heterocycles. The van der Waals surface area contributed by atoms with Crippen molar-refractivity contribution in [1.29, 1.82) is 0 Å². The molecule has 2 aliphatic rings. The molecular weight excluding hydrogens is 553 g/mol. The zero-order valence-corrected chi connectivity index (χ0v) is 27.6. The van der Waals surface area contributed by atoms with Crippen molar-refractivity contribution in [1.82, 2.24) is 14.8 Å². The van der Waals surface area contributed by atoms with Crippen molar-refractivity contribution in [3.8, 4) is 0 Å². The lowest BCUT2D eigenvalue weighted by Crippen LogP contribution is -2.57. The third-order valence-electron chi connectivity index (χ3n) is 6.73. The second-order valence-electron chi connectivity index (χ2n) is 12.2.